The van der Waals surface area contributed by atoms with Crippen molar-refractivity contribution in [1.82, 2.24) is 14.9 Å². The van der Waals surface area contributed by atoms with Crippen LogP contribution in [0.25, 0.3) is 11.0 Å². The Kier molecular flexibility index (Phi) is 2.72. The van der Waals surface area contributed by atoms with Crippen molar-refractivity contribution in [2.45, 2.75) is 51.6 Å². The van der Waals surface area contributed by atoms with E-state index >= 15 is 0 Å². The van der Waals surface area contributed by atoms with Crippen molar-refractivity contribution in [2.75, 3.05) is 6.54 Å². The number of aromatic nitrogens is 2. The molecule has 0 bridgehead atoms. The fraction of sp³-hybridized carbons (Fsp3) is 0.562. The summed E-state index contributed by atoms with van der Waals surface area (Å²) < 4.78 is 2.40. The van der Waals surface area contributed by atoms with E-state index < -0.39 is 0 Å². The predicted octanol–water partition coefficient (Wildman–Crippen LogP) is 3.39. The van der Waals surface area contributed by atoms with Crippen LogP contribution < -0.4 is 5.32 Å². The van der Waals surface area contributed by atoms with Crippen LogP contribution in [0.5, 0.6) is 0 Å². The fourth-order valence-corrected chi connectivity index (χ4v) is 3.16. The van der Waals surface area contributed by atoms with Crippen LogP contribution in [-0.4, -0.2) is 16.1 Å². The van der Waals surface area contributed by atoms with E-state index in [1.807, 2.05) is 0 Å². The lowest BCUT2D eigenvalue weighted by molar-refractivity contribution is 0.326. The number of para-hydroxylation sites is 2. The van der Waals surface area contributed by atoms with Gasteiger partial charge in [-0.25, -0.2) is 4.98 Å². The van der Waals surface area contributed by atoms with E-state index in [9.17, 15) is 0 Å². The number of imidazole rings is 1. The Morgan fingerprint density at radius 1 is 1.26 bits per heavy atom. The van der Waals surface area contributed by atoms with Crippen molar-refractivity contribution >= 4 is 11.0 Å². The van der Waals surface area contributed by atoms with Crippen LogP contribution in [0.15, 0.2) is 24.3 Å². The zero-order valence-corrected chi connectivity index (χ0v) is 12.3. The van der Waals surface area contributed by atoms with Crippen LogP contribution in [0.4, 0.5) is 0 Å². The Hall–Kier alpha value is -1.35. The van der Waals surface area contributed by atoms with E-state index in [4.69, 9.17) is 4.98 Å². The lowest BCUT2D eigenvalue weighted by Gasteiger charge is -2.31. The van der Waals surface area contributed by atoms with Crippen LogP contribution in [-0.2, 0) is 11.1 Å². The van der Waals surface area contributed by atoms with Gasteiger partial charge in [-0.15, -0.1) is 0 Å². The molecule has 0 radical (unpaired) electrons. The van der Waals surface area contributed by atoms with Crippen molar-refractivity contribution in [3.63, 3.8) is 0 Å². The van der Waals surface area contributed by atoms with Gasteiger partial charge in [0.05, 0.1) is 16.6 Å². The standard InChI is InChI=1S/C16H23N3/c1-15(2,3)19-13-9-6-5-8-12(13)18-14(19)16(4)10-7-11-17-16/h5-6,8-9,17H,7,10-11H2,1-4H3. The van der Waals surface area contributed by atoms with Gasteiger partial charge < -0.3 is 9.88 Å². The molecular formula is C16H23N3. The number of nitrogens with one attached hydrogen (secondary N) is 1. The van der Waals surface area contributed by atoms with E-state index in [1.54, 1.807) is 0 Å². The minimum atomic E-state index is 0.00625. The third-order valence-electron chi connectivity index (χ3n) is 4.09. The third-order valence-corrected chi connectivity index (χ3v) is 4.09. The molecule has 3 nitrogen and oxygen atoms in total. The largest absolute Gasteiger partial charge is 0.321 e. The summed E-state index contributed by atoms with van der Waals surface area (Å²) in [6.45, 7) is 10.1. The lowest BCUT2D eigenvalue weighted by atomic mass is 9.97. The minimum absolute atomic E-state index is 0.00625. The molecule has 1 aromatic carbocycles. The van der Waals surface area contributed by atoms with Gasteiger partial charge in [0.25, 0.3) is 0 Å². The molecule has 1 N–H and O–H groups in total. The molecule has 1 unspecified atom stereocenters. The van der Waals surface area contributed by atoms with E-state index in [0.717, 1.165) is 18.5 Å². The average molecular weight is 257 g/mol. The Morgan fingerprint density at radius 3 is 2.63 bits per heavy atom. The second-order valence-electron chi connectivity index (χ2n) is 6.79. The summed E-state index contributed by atoms with van der Waals surface area (Å²) >= 11 is 0. The van der Waals surface area contributed by atoms with Gasteiger partial charge in [0.15, 0.2) is 0 Å². The first kappa shape index (κ1) is 12.7. The van der Waals surface area contributed by atoms with Gasteiger partial charge in [-0.2, -0.15) is 0 Å². The van der Waals surface area contributed by atoms with Crippen molar-refractivity contribution in [3.05, 3.63) is 30.1 Å². The van der Waals surface area contributed by atoms with Gasteiger partial charge in [0.2, 0.25) is 0 Å². The first-order valence-corrected chi connectivity index (χ1v) is 7.15. The van der Waals surface area contributed by atoms with Gasteiger partial charge in [0, 0.05) is 5.54 Å². The van der Waals surface area contributed by atoms with Gasteiger partial charge in [-0.1, -0.05) is 12.1 Å². The Bertz CT molecular complexity index is 598. The van der Waals surface area contributed by atoms with Gasteiger partial charge in [0.1, 0.15) is 5.82 Å². The molecule has 1 aromatic heterocycles. The van der Waals surface area contributed by atoms with Crippen LogP contribution in [0.2, 0.25) is 0 Å². The average Bonchev–Trinajstić information content (AvgIpc) is 2.92. The molecule has 102 valence electrons. The SMILES string of the molecule is CC1(c2nc3ccccc3n2C(C)(C)C)CCCN1. The quantitative estimate of drug-likeness (QED) is 0.848. The monoisotopic (exact) mass is 257 g/mol. The van der Waals surface area contributed by atoms with Gasteiger partial charge in [-0.3, -0.25) is 0 Å². The van der Waals surface area contributed by atoms with Gasteiger partial charge in [-0.05, 0) is 59.2 Å². The summed E-state index contributed by atoms with van der Waals surface area (Å²) in [6, 6.07) is 8.45. The molecule has 0 amide bonds. The summed E-state index contributed by atoms with van der Waals surface area (Å²) in [5.41, 5.74) is 2.38. The molecule has 1 fully saturated rings. The normalized spacial score (nSPS) is 24.2. The van der Waals surface area contributed by atoms with Gasteiger partial charge >= 0.3 is 0 Å². The van der Waals surface area contributed by atoms with Crippen molar-refractivity contribution in [2.24, 2.45) is 0 Å². The number of hydrogen-bond donors (Lipinski definition) is 1. The molecular weight excluding hydrogens is 234 g/mol. The molecule has 19 heavy (non-hydrogen) atoms. The van der Waals surface area contributed by atoms with Crippen LogP contribution in [0, 0.1) is 0 Å². The smallest absolute Gasteiger partial charge is 0.130 e. The summed E-state index contributed by atoms with van der Waals surface area (Å²) in [4.78, 5) is 4.93. The molecule has 0 spiro atoms. The van der Waals surface area contributed by atoms with E-state index in [0.29, 0.717) is 0 Å². The number of rotatable bonds is 1. The molecule has 2 heterocycles. The Morgan fingerprint density at radius 2 is 2.00 bits per heavy atom. The lowest BCUT2D eigenvalue weighted by Crippen LogP contribution is -2.39. The summed E-state index contributed by atoms with van der Waals surface area (Å²) in [5, 5.41) is 3.64. The number of hydrogen-bond acceptors (Lipinski definition) is 2. The molecule has 3 heteroatoms. The highest BCUT2D eigenvalue weighted by Gasteiger charge is 2.37. The molecule has 1 aliphatic rings. The second-order valence-corrected chi connectivity index (χ2v) is 6.79. The Labute approximate surface area is 115 Å². The zero-order valence-electron chi connectivity index (χ0n) is 12.3. The molecule has 2 aromatic rings. The highest BCUT2D eigenvalue weighted by Crippen LogP contribution is 2.35. The highest BCUT2D eigenvalue weighted by atomic mass is 15.2. The van der Waals surface area contributed by atoms with Crippen LogP contribution in [0.1, 0.15) is 46.4 Å². The molecule has 0 saturated carbocycles. The topological polar surface area (TPSA) is 29.9 Å². The molecule has 1 atom stereocenters. The molecule has 1 saturated heterocycles. The van der Waals surface area contributed by atoms with Crippen LogP contribution in [0.3, 0.4) is 0 Å². The number of fused-ring (bicyclic) bond motifs is 1. The van der Waals surface area contributed by atoms with E-state index in [-0.39, 0.29) is 11.1 Å². The minimum Gasteiger partial charge on any atom is -0.321 e. The maximum Gasteiger partial charge on any atom is 0.130 e. The number of nitrogens with zero attached hydrogens (tertiary/aromatic N) is 2. The first-order chi connectivity index (χ1) is 8.92. The molecule has 3 rings (SSSR count). The fourth-order valence-electron chi connectivity index (χ4n) is 3.16. The maximum atomic E-state index is 4.93. The van der Waals surface area contributed by atoms with E-state index in [2.05, 4.69) is 61.8 Å². The highest BCUT2D eigenvalue weighted by molar-refractivity contribution is 5.76. The third kappa shape index (κ3) is 1.96. The summed E-state index contributed by atoms with van der Waals surface area (Å²) in [7, 11) is 0. The first-order valence-electron chi connectivity index (χ1n) is 7.15. The summed E-state index contributed by atoms with van der Waals surface area (Å²) in [6.07, 6.45) is 2.39. The molecule has 0 aliphatic carbocycles. The zero-order chi connectivity index (χ0) is 13.7. The second kappa shape index (κ2) is 4.07. The summed E-state index contributed by atoms with van der Waals surface area (Å²) in [5.74, 6) is 1.18. The maximum absolute atomic E-state index is 4.93. The van der Waals surface area contributed by atoms with E-state index in [1.165, 1.54) is 17.8 Å². The molecule has 1 aliphatic heterocycles. The van der Waals surface area contributed by atoms with Crippen molar-refractivity contribution in [1.29, 1.82) is 0 Å². The van der Waals surface area contributed by atoms with Crippen molar-refractivity contribution < 1.29 is 0 Å². The van der Waals surface area contributed by atoms with Crippen LogP contribution >= 0.6 is 0 Å². The Balaban J connectivity index is 2.29. The predicted molar refractivity (Wildman–Crippen MR) is 79.3 cm³/mol. The number of benzene rings is 1. The van der Waals surface area contributed by atoms with Crippen molar-refractivity contribution in [3.8, 4) is 0 Å².